The lowest BCUT2D eigenvalue weighted by Gasteiger charge is -2.26. The lowest BCUT2D eigenvalue weighted by molar-refractivity contribution is 0.593. The summed E-state index contributed by atoms with van der Waals surface area (Å²) < 4.78 is 0. The van der Waals surface area contributed by atoms with Crippen LogP contribution in [0.25, 0.3) is 10.9 Å². The molecule has 1 aliphatic heterocycles. The van der Waals surface area contributed by atoms with Gasteiger partial charge in [0.15, 0.2) is 0 Å². The van der Waals surface area contributed by atoms with Crippen molar-refractivity contribution in [2.45, 2.75) is 32.4 Å². The number of halogens is 1. The third-order valence-corrected chi connectivity index (χ3v) is 5.45. The standard InChI is InChI=1S/C20H19ClN2O/c1-12-13(2)23(11-14-6-4-3-5-7-14)17-9-8-16-20(19(12)17)15(21)10-18(24)22-16/h3-10,12-13H,11H2,1-2H3,(H,22,24). The van der Waals surface area contributed by atoms with Gasteiger partial charge in [-0.15, -0.1) is 0 Å². The Bertz CT molecular complexity index is 965. The predicted octanol–water partition coefficient (Wildman–Crippen LogP) is 4.69. The molecule has 0 amide bonds. The normalized spacial score (nSPS) is 19.7. The number of aromatic nitrogens is 1. The van der Waals surface area contributed by atoms with Gasteiger partial charge in [-0.1, -0.05) is 48.9 Å². The number of nitrogens with one attached hydrogen (secondary N) is 1. The Morgan fingerprint density at radius 3 is 2.62 bits per heavy atom. The average Bonchev–Trinajstić information content (AvgIpc) is 2.80. The van der Waals surface area contributed by atoms with Crippen LogP contribution >= 0.6 is 11.6 Å². The Morgan fingerprint density at radius 1 is 1.12 bits per heavy atom. The van der Waals surface area contributed by atoms with Crippen LogP contribution in [0.1, 0.15) is 30.9 Å². The lowest BCUT2D eigenvalue weighted by Crippen LogP contribution is -2.30. The van der Waals surface area contributed by atoms with E-state index in [1.54, 1.807) is 0 Å². The van der Waals surface area contributed by atoms with E-state index < -0.39 is 0 Å². The second-order valence-corrected chi connectivity index (χ2v) is 6.95. The van der Waals surface area contributed by atoms with Crippen molar-refractivity contribution >= 4 is 28.2 Å². The minimum atomic E-state index is -0.160. The number of pyridine rings is 1. The molecule has 0 spiro atoms. The molecule has 2 unspecified atom stereocenters. The van der Waals surface area contributed by atoms with Crippen LogP contribution in [0.2, 0.25) is 5.02 Å². The molecule has 3 nitrogen and oxygen atoms in total. The minimum absolute atomic E-state index is 0.160. The summed E-state index contributed by atoms with van der Waals surface area (Å²) in [6, 6.07) is 16.4. The van der Waals surface area contributed by atoms with Crippen LogP contribution < -0.4 is 10.5 Å². The topological polar surface area (TPSA) is 36.1 Å². The van der Waals surface area contributed by atoms with E-state index >= 15 is 0 Å². The van der Waals surface area contributed by atoms with E-state index in [9.17, 15) is 4.79 Å². The summed E-state index contributed by atoms with van der Waals surface area (Å²) in [5, 5.41) is 1.51. The van der Waals surface area contributed by atoms with Gasteiger partial charge < -0.3 is 9.88 Å². The van der Waals surface area contributed by atoms with Crippen molar-refractivity contribution in [3.8, 4) is 0 Å². The molecule has 0 saturated heterocycles. The minimum Gasteiger partial charge on any atom is -0.364 e. The molecule has 1 aliphatic rings. The van der Waals surface area contributed by atoms with E-state index in [4.69, 9.17) is 11.6 Å². The first-order valence-electron chi connectivity index (χ1n) is 8.22. The zero-order valence-corrected chi connectivity index (χ0v) is 14.5. The molecule has 122 valence electrons. The summed E-state index contributed by atoms with van der Waals surface area (Å²) in [6.45, 7) is 5.35. The number of rotatable bonds is 2. The van der Waals surface area contributed by atoms with E-state index in [0.29, 0.717) is 17.0 Å². The summed E-state index contributed by atoms with van der Waals surface area (Å²) >= 11 is 6.43. The summed E-state index contributed by atoms with van der Waals surface area (Å²) in [4.78, 5) is 17.0. The van der Waals surface area contributed by atoms with Crippen molar-refractivity contribution in [1.82, 2.24) is 4.98 Å². The number of nitrogens with zero attached hydrogens (tertiary/aromatic N) is 1. The molecule has 24 heavy (non-hydrogen) atoms. The van der Waals surface area contributed by atoms with Crippen LogP contribution in [0, 0.1) is 0 Å². The third kappa shape index (κ3) is 2.31. The van der Waals surface area contributed by atoms with E-state index in [-0.39, 0.29) is 5.56 Å². The zero-order valence-electron chi connectivity index (χ0n) is 13.7. The van der Waals surface area contributed by atoms with Crippen LogP contribution in [-0.2, 0) is 6.54 Å². The summed E-state index contributed by atoms with van der Waals surface area (Å²) in [5.74, 6) is 0.343. The first-order chi connectivity index (χ1) is 11.6. The molecule has 2 aromatic carbocycles. The number of benzene rings is 2. The fourth-order valence-electron chi connectivity index (χ4n) is 3.78. The second-order valence-electron chi connectivity index (χ2n) is 6.55. The van der Waals surface area contributed by atoms with Crippen LogP contribution in [0.3, 0.4) is 0 Å². The maximum absolute atomic E-state index is 11.7. The van der Waals surface area contributed by atoms with E-state index in [1.807, 2.05) is 12.1 Å². The highest BCUT2D eigenvalue weighted by molar-refractivity contribution is 6.35. The highest BCUT2D eigenvalue weighted by Gasteiger charge is 2.34. The lowest BCUT2D eigenvalue weighted by atomic mass is 9.94. The summed E-state index contributed by atoms with van der Waals surface area (Å²) in [5.41, 5.74) is 4.38. The molecule has 4 rings (SSSR count). The van der Waals surface area contributed by atoms with Crippen molar-refractivity contribution in [2.75, 3.05) is 4.90 Å². The Morgan fingerprint density at radius 2 is 1.88 bits per heavy atom. The second kappa shape index (κ2) is 5.67. The molecule has 0 bridgehead atoms. The molecular formula is C20H19ClN2O. The van der Waals surface area contributed by atoms with E-state index in [1.165, 1.54) is 22.9 Å². The first kappa shape index (κ1) is 15.3. The Kier molecular flexibility index (Phi) is 3.61. The maximum Gasteiger partial charge on any atom is 0.249 e. The highest BCUT2D eigenvalue weighted by atomic mass is 35.5. The Balaban J connectivity index is 1.88. The number of fused-ring (bicyclic) bond motifs is 3. The largest absolute Gasteiger partial charge is 0.364 e. The SMILES string of the molecule is CC1c2c(ccc3[nH]c(=O)cc(Cl)c23)N(Cc2ccccc2)C1C. The molecule has 2 atom stereocenters. The van der Waals surface area contributed by atoms with Gasteiger partial charge in [-0.3, -0.25) is 4.79 Å². The molecular weight excluding hydrogens is 320 g/mol. The van der Waals surface area contributed by atoms with Crippen molar-refractivity contribution in [3.63, 3.8) is 0 Å². The quantitative estimate of drug-likeness (QED) is 0.735. The van der Waals surface area contributed by atoms with Gasteiger partial charge in [0.25, 0.3) is 0 Å². The molecule has 3 aromatic rings. The van der Waals surface area contributed by atoms with Crippen LogP contribution in [0.15, 0.2) is 53.3 Å². The number of H-pyrrole nitrogens is 1. The van der Waals surface area contributed by atoms with Crippen LogP contribution in [-0.4, -0.2) is 11.0 Å². The number of hydrogen-bond donors (Lipinski definition) is 1. The number of aromatic amines is 1. The van der Waals surface area contributed by atoms with Gasteiger partial charge in [0.05, 0.1) is 10.5 Å². The molecule has 0 fully saturated rings. The molecule has 1 N–H and O–H groups in total. The van der Waals surface area contributed by atoms with Crippen LogP contribution in [0.5, 0.6) is 0 Å². The van der Waals surface area contributed by atoms with Gasteiger partial charge in [0.2, 0.25) is 5.56 Å². The predicted molar refractivity (Wildman–Crippen MR) is 100 cm³/mol. The van der Waals surface area contributed by atoms with Gasteiger partial charge in [-0.2, -0.15) is 0 Å². The fourth-order valence-corrected chi connectivity index (χ4v) is 4.08. The summed E-state index contributed by atoms with van der Waals surface area (Å²) in [7, 11) is 0. The van der Waals surface area contributed by atoms with Crippen molar-refractivity contribution in [1.29, 1.82) is 0 Å². The van der Waals surface area contributed by atoms with Crippen LogP contribution in [0.4, 0.5) is 5.69 Å². The van der Waals surface area contributed by atoms with Crippen molar-refractivity contribution in [3.05, 3.63) is 75.0 Å². The van der Waals surface area contributed by atoms with Gasteiger partial charge in [0, 0.05) is 35.6 Å². The average molecular weight is 339 g/mol. The molecule has 4 heteroatoms. The first-order valence-corrected chi connectivity index (χ1v) is 8.60. The fraction of sp³-hybridized carbons (Fsp3) is 0.250. The highest BCUT2D eigenvalue weighted by Crippen LogP contribution is 2.46. The van der Waals surface area contributed by atoms with Gasteiger partial charge in [0.1, 0.15) is 0 Å². The Hall–Kier alpha value is -2.26. The molecule has 0 radical (unpaired) electrons. The third-order valence-electron chi connectivity index (χ3n) is 5.15. The number of anilines is 1. The van der Waals surface area contributed by atoms with E-state index in [2.05, 4.69) is 54.1 Å². The maximum atomic E-state index is 11.7. The molecule has 0 aliphatic carbocycles. The van der Waals surface area contributed by atoms with Gasteiger partial charge in [-0.25, -0.2) is 0 Å². The summed E-state index contributed by atoms with van der Waals surface area (Å²) in [6.07, 6.45) is 0. The monoisotopic (exact) mass is 338 g/mol. The molecule has 1 aromatic heterocycles. The van der Waals surface area contributed by atoms with Gasteiger partial charge in [-0.05, 0) is 30.2 Å². The molecule has 0 saturated carbocycles. The number of hydrogen-bond acceptors (Lipinski definition) is 2. The van der Waals surface area contributed by atoms with E-state index in [0.717, 1.165) is 17.4 Å². The molecule has 2 heterocycles. The Labute approximate surface area is 145 Å². The van der Waals surface area contributed by atoms with Crippen molar-refractivity contribution in [2.24, 2.45) is 0 Å². The zero-order chi connectivity index (χ0) is 16.8. The van der Waals surface area contributed by atoms with Gasteiger partial charge >= 0.3 is 0 Å². The smallest absolute Gasteiger partial charge is 0.249 e. The van der Waals surface area contributed by atoms with Crippen molar-refractivity contribution < 1.29 is 0 Å².